The van der Waals surface area contributed by atoms with Crippen LogP contribution in [0.4, 0.5) is 4.39 Å². The highest BCUT2D eigenvalue weighted by atomic mass is 35.7. The monoisotopic (exact) mass is 285 g/mol. The summed E-state index contributed by atoms with van der Waals surface area (Å²) in [5, 5.41) is 2.05. The van der Waals surface area contributed by atoms with Crippen LogP contribution in [-0.4, -0.2) is 21.4 Å². The fraction of sp³-hybridized carbons (Fsp3) is 0.125. The van der Waals surface area contributed by atoms with Gasteiger partial charge in [-0.05, 0) is 12.1 Å². The predicted octanol–water partition coefficient (Wildman–Crippen LogP) is 1.77. The van der Waals surface area contributed by atoms with Gasteiger partial charge in [0.15, 0.2) is 5.82 Å². The van der Waals surface area contributed by atoms with Crippen molar-refractivity contribution in [1.82, 2.24) is 5.32 Å². The minimum atomic E-state index is -4.29. The van der Waals surface area contributed by atoms with E-state index in [-0.39, 0.29) is 5.02 Å². The van der Waals surface area contributed by atoms with E-state index in [1.54, 1.807) is 0 Å². The first-order valence-corrected chi connectivity index (χ1v) is 6.62. The lowest BCUT2D eigenvalue weighted by molar-refractivity contribution is 0.0958. The van der Waals surface area contributed by atoms with Crippen LogP contribution in [0, 0.1) is 5.82 Å². The van der Waals surface area contributed by atoms with E-state index in [0.717, 1.165) is 12.1 Å². The Bertz CT molecular complexity index is 544. The maximum Gasteiger partial charge on any atom is 0.264 e. The number of rotatable bonds is 2. The molecule has 0 unspecified atom stereocenters. The van der Waals surface area contributed by atoms with Gasteiger partial charge in [0.25, 0.3) is 15.0 Å². The predicted molar refractivity (Wildman–Crippen MR) is 57.8 cm³/mol. The normalized spacial score (nSPS) is 11.2. The van der Waals surface area contributed by atoms with Gasteiger partial charge >= 0.3 is 0 Å². The lowest BCUT2D eigenvalue weighted by atomic mass is 10.2. The molecule has 4 nitrogen and oxygen atoms in total. The van der Waals surface area contributed by atoms with Crippen molar-refractivity contribution in [3.63, 3.8) is 0 Å². The number of carbonyl (C=O) groups excluding carboxylic acids is 1. The summed E-state index contributed by atoms with van der Waals surface area (Å²) in [5.41, 5.74) is -0.478. The van der Waals surface area contributed by atoms with E-state index in [4.69, 9.17) is 22.3 Å². The van der Waals surface area contributed by atoms with Crippen molar-refractivity contribution in [2.45, 2.75) is 4.90 Å². The Morgan fingerprint density at radius 2 is 2.00 bits per heavy atom. The van der Waals surface area contributed by atoms with Crippen molar-refractivity contribution < 1.29 is 17.6 Å². The molecule has 0 fully saturated rings. The van der Waals surface area contributed by atoms with E-state index in [1.807, 2.05) is 0 Å². The number of halogens is 3. The van der Waals surface area contributed by atoms with Crippen LogP contribution < -0.4 is 5.32 Å². The van der Waals surface area contributed by atoms with Gasteiger partial charge in [-0.3, -0.25) is 4.79 Å². The van der Waals surface area contributed by atoms with Crippen LogP contribution >= 0.6 is 22.3 Å². The van der Waals surface area contributed by atoms with Crippen LogP contribution in [0.25, 0.3) is 0 Å². The van der Waals surface area contributed by atoms with Crippen LogP contribution in [0.2, 0.25) is 5.02 Å². The molecule has 0 radical (unpaired) electrons. The Labute approximate surface area is 101 Å². The van der Waals surface area contributed by atoms with Crippen molar-refractivity contribution in [3.05, 3.63) is 28.5 Å². The van der Waals surface area contributed by atoms with Gasteiger partial charge in [0.2, 0.25) is 0 Å². The first kappa shape index (κ1) is 13.2. The zero-order chi connectivity index (χ0) is 12.5. The number of amides is 1. The zero-order valence-electron chi connectivity index (χ0n) is 7.92. The van der Waals surface area contributed by atoms with Crippen molar-refractivity contribution in [2.75, 3.05) is 7.05 Å². The number of carbonyl (C=O) groups is 1. The highest BCUT2D eigenvalue weighted by molar-refractivity contribution is 8.13. The van der Waals surface area contributed by atoms with E-state index in [1.165, 1.54) is 7.05 Å². The van der Waals surface area contributed by atoms with E-state index < -0.39 is 31.2 Å². The third kappa shape index (κ3) is 2.63. The SMILES string of the molecule is CNC(=O)c1cc(Cl)cc(S(=O)(=O)Cl)c1F. The van der Waals surface area contributed by atoms with Gasteiger partial charge in [0, 0.05) is 22.8 Å². The van der Waals surface area contributed by atoms with Gasteiger partial charge in [0.1, 0.15) is 4.90 Å². The molecule has 0 heterocycles. The number of hydrogen-bond acceptors (Lipinski definition) is 3. The minimum Gasteiger partial charge on any atom is -0.355 e. The molecule has 8 heteroatoms. The number of hydrogen-bond donors (Lipinski definition) is 1. The van der Waals surface area contributed by atoms with Crippen LogP contribution in [0.15, 0.2) is 17.0 Å². The van der Waals surface area contributed by atoms with Gasteiger partial charge in [-0.1, -0.05) is 11.6 Å². The van der Waals surface area contributed by atoms with Crippen molar-refractivity contribution >= 4 is 37.2 Å². The fourth-order valence-corrected chi connectivity index (χ4v) is 2.25. The summed E-state index contributed by atoms with van der Waals surface area (Å²) < 4.78 is 35.6. The summed E-state index contributed by atoms with van der Waals surface area (Å²) in [6.07, 6.45) is 0. The zero-order valence-corrected chi connectivity index (χ0v) is 10.2. The Hall–Kier alpha value is -0.850. The molecule has 1 aromatic rings. The minimum absolute atomic E-state index is 0.0979. The average molecular weight is 286 g/mol. The largest absolute Gasteiger partial charge is 0.355 e. The highest BCUT2D eigenvalue weighted by Crippen LogP contribution is 2.26. The Morgan fingerprint density at radius 3 is 2.44 bits per heavy atom. The molecule has 1 rings (SSSR count). The van der Waals surface area contributed by atoms with E-state index in [0.29, 0.717) is 0 Å². The third-order valence-corrected chi connectivity index (χ3v) is 3.28. The van der Waals surface area contributed by atoms with Crippen LogP contribution in [0.1, 0.15) is 10.4 Å². The van der Waals surface area contributed by atoms with Crippen LogP contribution in [-0.2, 0) is 9.05 Å². The second-order valence-corrected chi connectivity index (χ2v) is 5.75. The average Bonchev–Trinajstić information content (AvgIpc) is 2.18. The van der Waals surface area contributed by atoms with Gasteiger partial charge < -0.3 is 5.32 Å². The molecule has 0 atom stereocenters. The van der Waals surface area contributed by atoms with Crippen LogP contribution in [0.5, 0.6) is 0 Å². The Balaban J connectivity index is 3.56. The molecule has 1 aromatic carbocycles. The standard InChI is InChI=1S/C8H6Cl2FNO3S/c1-12-8(13)5-2-4(9)3-6(7(5)11)16(10,14)15/h2-3H,1H3,(H,12,13). The van der Waals surface area contributed by atoms with E-state index >= 15 is 0 Å². The summed E-state index contributed by atoms with van der Waals surface area (Å²) >= 11 is 5.56. The second-order valence-electron chi connectivity index (χ2n) is 2.78. The fourth-order valence-electron chi connectivity index (χ4n) is 1.04. The summed E-state index contributed by atoms with van der Waals surface area (Å²) in [4.78, 5) is 10.4. The molecule has 0 saturated heterocycles. The molecule has 1 N–H and O–H groups in total. The molecule has 0 aliphatic rings. The first-order valence-electron chi connectivity index (χ1n) is 3.93. The molecule has 0 bridgehead atoms. The lowest BCUT2D eigenvalue weighted by Gasteiger charge is -2.06. The van der Waals surface area contributed by atoms with Crippen molar-refractivity contribution in [2.24, 2.45) is 0 Å². The quantitative estimate of drug-likeness (QED) is 0.843. The Kier molecular flexibility index (Phi) is 3.77. The lowest BCUT2D eigenvalue weighted by Crippen LogP contribution is -2.20. The van der Waals surface area contributed by atoms with Gasteiger partial charge in [-0.25, -0.2) is 12.8 Å². The topological polar surface area (TPSA) is 63.2 Å². The van der Waals surface area contributed by atoms with Crippen molar-refractivity contribution in [3.8, 4) is 0 Å². The van der Waals surface area contributed by atoms with E-state index in [9.17, 15) is 17.6 Å². The molecule has 88 valence electrons. The molecule has 16 heavy (non-hydrogen) atoms. The molecular formula is C8H6Cl2FNO3S. The Morgan fingerprint density at radius 1 is 1.44 bits per heavy atom. The molecule has 1 amide bonds. The molecule has 0 aliphatic carbocycles. The highest BCUT2D eigenvalue weighted by Gasteiger charge is 2.23. The molecule has 0 spiro atoms. The maximum atomic E-state index is 13.6. The number of nitrogens with one attached hydrogen (secondary N) is 1. The number of benzene rings is 1. The first-order chi connectivity index (χ1) is 7.27. The smallest absolute Gasteiger partial charge is 0.264 e. The van der Waals surface area contributed by atoms with Crippen molar-refractivity contribution in [1.29, 1.82) is 0 Å². The summed E-state index contributed by atoms with van der Waals surface area (Å²) in [6, 6.07) is 1.85. The summed E-state index contributed by atoms with van der Waals surface area (Å²) in [7, 11) is 1.99. The van der Waals surface area contributed by atoms with Gasteiger partial charge in [-0.2, -0.15) is 0 Å². The van der Waals surface area contributed by atoms with E-state index in [2.05, 4.69) is 5.32 Å². The molecule has 0 saturated carbocycles. The van der Waals surface area contributed by atoms with Gasteiger partial charge in [0.05, 0.1) is 5.56 Å². The second kappa shape index (κ2) is 4.57. The van der Waals surface area contributed by atoms with Crippen LogP contribution in [0.3, 0.4) is 0 Å². The van der Waals surface area contributed by atoms with Gasteiger partial charge in [-0.15, -0.1) is 0 Å². The maximum absolute atomic E-state index is 13.6. The molecule has 0 aromatic heterocycles. The summed E-state index contributed by atoms with van der Waals surface area (Å²) in [5.74, 6) is -2.01. The molecular weight excluding hydrogens is 280 g/mol. The summed E-state index contributed by atoms with van der Waals surface area (Å²) in [6.45, 7) is 0. The third-order valence-electron chi connectivity index (χ3n) is 1.74. The molecule has 0 aliphatic heterocycles.